The van der Waals surface area contributed by atoms with Crippen molar-refractivity contribution in [1.29, 1.82) is 0 Å². The fraction of sp³-hybridized carbons (Fsp3) is 0.176. The van der Waals surface area contributed by atoms with Gasteiger partial charge in [-0.3, -0.25) is 4.98 Å². The molecule has 1 aromatic carbocycles. The number of pyridine rings is 1. The Morgan fingerprint density at radius 1 is 1.19 bits per heavy atom. The number of aromatic nitrogens is 2. The second-order valence-corrected chi connectivity index (χ2v) is 5.77. The lowest BCUT2D eigenvalue weighted by Crippen LogP contribution is -1.90. The molecule has 0 aliphatic heterocycles. The number of thiazole rings is 1. The molecule has 0 fully saturated rings. The first-order valence-corrected chi connectivity index (χ1v) is 7.91. The van der Waals surface area contributed by atoms with Gasteiger partial charge in [-0.2, -0.15) is 0 Å². The Bertz CT molecular complexity index is 749. The Morgan fingerprint density at radius 2 is 2.05 bits per heavy atom. The Labute approximate surface area is 128 Å². The average Bonchev–Trinajstić information content (AvgIpc) is 2.98. The lowest BCUT2D eigenvalue weighted by molar-refractivity contribution is 0.883. The van der Waals surface area contributed by atoms with Crippen molar-refractivity contribution in [1.82, 2.24) is 9.97 Å². The molecule has 0 atom stereocenters. The van der Waals surface area contributed by atoms with Crippen LogP contribution in [0.3, 0.4) is 0 Å². The van der Waals surface area contributed by atoms with Crippen LogP contribution in [0.5, 0.6) is 0 Å². The minimum Gasteiger partial charge on any atom is -0.398 e. The van der Waals surface area contributed by atoms with Crippen molar-refractivity contribution in [2.24, 2.45) is 0 Å². The number of hydrogen-bond acceptors (Lipinski definition) is 4. The van der Waals surface area contributed by atoms with E-state index in [9.17, 15) is 0 Å². The maximum Gasteiger partial charge on any atom is 0.124 e. The van der Waals surface area contributed by atoms with Gasteiger partial charge in [0.2, 0.25) is 0 Å². The summed E-state index contributed by atoms with van der Waals surface area (Å²) in [7, 11) is 0. The van der Waals surface area contributed by atoms with E-state index in [1.807, 2.05) is 36.5 Å². The molecule has 0 saturated heterocycles. The average molecular weight is 295 g/mol. The molecule has 0 aliphatic rings. The summed E-state index contributed by atoms with van der Waals surface area (Å²) >= 11 is 1.64. The SMILES string of the molecule is CCCc1cc(-c2nc(-c3ccccc3N)cs2)ccn1. The molecule has 0 amide bonds. The monoisotopic (exact) mass is 295 g/mol. The maximum atomic E-state index is 6.02. The number of anilines is 1. The van der Waals surface area contributed by atoms with E-state index in [1.54, 1.807) is 11.3 Å². The van der Waals surface area contributed by atoms with Crippen molar-refractivity contribution in [3.63, 3.8) is 0 Å². The number of para-hydroxylation sites is 1. The highest BCUT2D eigenvalue weighted by atomic mass is 32.1. The Morgan fingerprint density at radius 3 is 2.86 bits per heavy atom. The molecule has 3 aromatic rings. The van der Waals surface area contributed by atoms with E-state index in [0.29, 0.717) is 0 Å². The summed E-state index contributed by atoms with van der Waals surface area (Å²) in [5, 5.41) is 3.06. The van der Waals surface area contributed by atoms with E-state index in [1.165, 1.54) is 0 Å². The summed E-state index contributed by atoms with van der Waals surface area (Å²) in [5.74, 6) is 0. The molecule has 2 aromatic heterocycles. The van der Waals surface area contributed by atoms with E-state index >= 15 is 0 Å². The van der Waals surface area contributed by atoms with E-state index < -0.39 is 0 Å². The third-order valence-electron chi connectivity index (χ3n) is 3.31. The quantitative estimate of drug-likeness (QED) is 0.725. The van der Waals surface area contributed by atoms with Crippen LogP contribution >= 0.6 is 11.3 Å². The minimum absolute atomic E-state index is 0.760. The fourth-order valence-corrected chi connectivity index (χ4v) is 3.08. The lowest BCUT2D eigenvalue weighted by atomic mass is 10.1. The lowest BCUT2D eigenvalue weighted by Gasteiger charge is -2.02. The number of nitrogen functional groups attached to an aromatic ring is 1. The maximum absolute atomic E-state index is 6.02. The van der Waals surface area contributed by atoms with Crippen molar-refractivity contribution >= 4 is 17.0 Å². The van der Waals surface area contributed by atoms with Gasteiger partial charge in [-0.15, -0.1) is 11.3 Å². The van der Waals surface area contributed by atoms with Gasteiger partial charge in [-0.05, 0) is 24.6 Å². The van der Waals surface area contributed by atoms with Crippen LogP contribution in [0.15, 0.2) is 48.0 Å². The van der Waals surface area contributed by atoms with Crippen molar-refractivity contribution < 1.29 is 0 Å². The van der Waals surface area contributed by atoms with Gasteiger partial charge >= 0.3 is 0 Å². The Kier molecular flexibility index (Phi) is 3.97. The molecule has 21 heavy (non-hydrogen) atoms. The molecule has 0 aliphatic carbocycles. The first-order chi connectivity index (χ1) is 10.3. The smallest absolute Gasteiger partial charge is 0.124 e. The van der Waals surface area contributed by atoms with Crippen LogP contribution in [-0.2, 0) is 6.42 Å². The fourth-order valence-electron chi connectivity index (χ4n) is 2.26. The van der Waals surface area contributed by atoms with Gasteiger partial charge in [-0.25, -0.2) is 4.98 Å². The first kappa shape index (κ1) is 13.8. The number of nitrogens with zero attached hydrogens (tertiary/aromatic N) is 2. The zero-order valence-corrected chi connectivity index (χ0v) is 12.7. The van der Waals surface area contributed by atoms with Crippen LogP contribution in [0.1, 0.15) is 19.0 Å². The molecule has 0 bridgehead atoms. The van der Waals surface area contributed by atoms with Crippen LogP contribution < -0.4 is 5.73 Å². The number of hydrogen-bond donors (Lipinski definition) is 1. The zero-order chi connectivity index (χ0) is 14.7. The Hall–Kier alpha value is -2.20. The highest BCUT2D eigenvalue weighted by Crippen LogP contribution is 2.31. The largest absolute Gasteiger partial charge is 0.398 e. The van der Waals surface area contributed by atoms with Crippen molar-refractivity contribution in [2.75, 3.05) is 5.73 Å². The second kappa shape index (κ2) is 6.06. The van der Waals surface area contributed by atoms with Gasteiger partial charge in [0.1, 0.15) is 5.01 Å². The minimum atomic E-state index is 0.760. The summed E-state index contributed by atoms with van der Waals surface area (Å²) in [6.07, 6.45) is 3.95. The van der Waals surface area contributed by atoms with Crippen molar-refractivity contribution in [3.05, 3.63) is 53.7 Å². The third kappa shape index (κ3) is 2.95. The molecule has 0 saturated carbocycles. The molecule has 106 valence electrons. The summed E-state index contributed by atoms with van der Waals surface area (Å²) < 4.78 is 0. The predicted octanol–water partition coefficient (Wildman–Crippen LogP) is 4.41. The second-order valence-electron chi connectivity index (χ2n) is 4.91. The van der Waals surface area contributed by atoms with Gasteiger partial charge in [0.05, 0.1) is 5.69 Å². The summed E-state index contributed by atoms with van der Waals surface area (Å²) in [6.45, 7) is 2.16. The molecule has 4 heteroatoms. The van der Waals surface area contributed by atoms with Crippen LogP contribution in [0.4, 0.5) is 5.69 Å². The number of aryl methyl sites for hydroxylation is 1. The molecule has 3 rings (SSSR count). The summed E-state index contributed by atoms with van der Waals surface area (Å²) in [5.41, 5.74) is 10.9. The topological polar surface area (TPSA) is 51.8 Å². The first-order valence-electron chi connectivity index (χ1n) is 7.03. The number of benzene rings is 1. The molecule has 0 unspecified atom stereocenters. The van der Waals surface area contributed by atoms with Crippen molar-refractivity contribution in [3.8, 4) is 21.8 Å². The third-order valence-corrected chi connectivity index (χ3v) is 4.20. The molecule has 3 nitrogen and oxygen atoms in total. The number of nitrogens with two attached hydrogens (primary N) is 1. The van der Waals surface area contributed by atoms with E-state index in [2.05, 4.69) is 23.4 Å². The normalized spacial score (nSPS) is 10.7. The molecular formula is C17H17N3S. The van der Waals surface area contributed by atoms with Gasteiger partial charge in [0.25, 0.3) is 0 Å². The zero-order valence-electron chi connectivity index (χ0n) is 11.9. The summed E-state index contributed by atoms with van der Waals surface area (Å²) in [4.78, 5) is 9.11. The van der Waals surface area contributed by atoms with Gasteiger partial charge in [0.15, 0.2) is 0 Å². The molecular weight excluding hydrogens is 278 g/mol. The molecule has 0 spiro atoms. The summed E-state index contributed by atoms with van der Waals surface area (Å²) in [6, 6.07) is 12.0. The van der Waals surface area contributed by atoms with Crippen LogP contribution in [0.25, 0.3) is 21.8 Å². The molecule has 2 heterocycles. The van der Waals surface area contributed by atoms with E-state index in [4.69, 9.17) is 10.7 Å². The molecule has 2 N–H and O–H groups in total. The molecule has 0 radical (unpaired) electrons. The van der Waals surface area contributed by atoms with Crippen molar-refractivity contribution in [2.45, 2.75) is 19.8 Å². The Balaban J connectivity index is 1.95. The highest BCUT2D eigenvalue weighted by Gasteiger charge is 2.09. The van der Waals surface area contributed by atoms with Gasteiger partial charge in [0, 0.05) is 34.1 Å². The van der Waals surface area contributed by atoms with Crippen LogP contribution in [0.2, 0.25) is 0 Å². The standard InChI is InChI=1S/C17H17N3S/c1-2-5-13-10-12(8-9-19-13)17-20-16(11-21-17)14-6-3-4-7-15(14)18/h3-4,6-11H,2,5,18H2,1H3. The predicted molar refractivity (Wildman–Crippen MR) is 89.2 cm³/mol. The highest BCUT2D eigenvalue weighted by molar-refractivity contribution is 7.13. The number of rotatable bonds is 4. The van der Waals surface area contributed by atoms with Crippen LogP contribution in [-0.4, -0.2) is 9.97 Å². The van der Waals surface area contributed by atoms with Gasteiger partial charge in [-0.1, -0.05) is 31.5 Å². The van der Waals surface area contributed by atoms with Gasteiger partial charge < -0.3 is 5.73 Å². The van der Waals surface area contributed by atoms with E-state index in [0.717, 1.165) is 46.1 Å². The van der Waals surface area contributed by atoms with Crippen LogP contribution in [0, 0.1) is 0 Å². The van der Waals surface area contributed by atoms with E-state index in [-0.39, 0.29) is 0 Å².